The molecule has 3 aliphatic rings. The third-order valence-corrected chi connectivity index (χ3v) is 6.00. The molecule has 1 saturated heterocycles. The second-order valence-corrected chi connectivity index (χ2v) is 7.49. The SMILES string of the molecule is NC1CCCC2CN(CC(=O)N3CCCc4ccccc43)CC12. The van der Waals surface area contributed by atoms with E-state index in [4.69, 9.17) is 5.73 Å². The standard InChI is InChI=1S/C19H27N3O/c20-17-8-3-6-15-11-21(12-16(15)17)13-19(23)22-10-4-7-14-5-1-2-9-18(14)22/h1-2,5,9,15-17H,3-4,6-8,10-13,20H2. The number of anilines is 1. The van der Waals surface area contributed by atoms with Crippen LogP contribution in [0.2, 0.25) is 0 Å². The van der Waals surface area contributed by atoms with Crippen molar-refractivity contribution in [1.29, 1.82) is 0 Å². The van der Waals surface area contributed by atoms with Crippen molar-refractivity contribution in [1.82, 2.24) is 4.90 Å². The van der Waals surface area contributed by atoms with E-state index in [-0.39, 0.29) is 5.91 Å². The lowest BCUT2D eigenvalue weighted by molar-refractivity contribution is -0.119. The molecule has 1 aromatic carbocycles. The predicted molar refractivity (Wildman–Crippen MR) is 92.4 cm³/mol. The van der Waals surface area contributed by atoms with Gasteiger partial charge in [0.25, 0.3) is 0 Å². The maximum absolute atomic E-state index is 12.9. The molecule has 1 saturated carbocycles. The number of hydrogen-bond donors (Lipinski definition) is 1. The number of benzene rings is 1. The van der Waals surface area contributed by atoms with Crippen molar-refractivity contribution in [2.45, 2.75) is 38.1 Å². The van der Waals surface area contributed by atoms with Gasteiger partial charge in [-0.2, -0.15) is 0 Å². The van der Waals surface area contributed by atoms with Crippen LogP contribution >= 0.6 is 0 Å². The Balaban J connectivity index is 1.43. The maximum atomic E-state index is 12.9. The number of carbonyl (C=O) groups excluding carboxylic acids is 1. The van der Waals surface area contributed by atoms with Crippen molar-refractivity contribution in [3.63, 3.8) is 0 Å². The van der Waals surface area contributed by atoms with Crippen LogP contribution < -0.4 is 10.6 Å². The van der Waals surface area contributed by atoms with E-state index < -0.39 is 0 Å². The summed E-state index contributed by atoms with van der Waals surface area (Å²) in [6.45, 7) is 3.47. The van der Waals surface area contributed by atoms with Gasteiger partial charge in [-0.15, -0.1) is 0 Å². The molecule has 0 spiro atoms. The minimum Gasteiger partial charge on any atom is -0.327 e. The maximum Gasteiger partial charge on any atom is 0.241 e. The molecule has 124 valence electrons. The lowest BCUT2D eigenvalue weighted by Gasteiger charge is -2.31. The Hall–Kier alpha value is -1.39. The smallest absolute Gasteiger partial charge is 0.241 e. The molecule has 1 aromatic rings. The highest BCUT2D eigenvalue weighted by molar-refractivity contribution is 5.96. The number of likely N-dealkylation sites (tertiary alicyclic amines) is 1. The van der Waals surface area contributed by atoms with Crippen LogP contribution in [-0.2, 0) is 11.2 Å². The van der Waals surface area contributed by atoms with E-state index in [1.807, 2.05) is 11.0 Å². The second-order valence-electron chi connectivity index (χ2n) is 7.49. The Morgan fingerprint density at radius 3 is 2.91 bits per heavy atom. The van der Waals surface area contributed by atoms with Crippen LogP contribution in [0.3, 0.4) is 0 Å². The van der Waals surface area contributed by atoms with Gasteiger partial charge in [-0.3, -0.25) is 9.69 Å². The normalized spacial score (nSPS) is 30.8. The van der Waals surface area contributed by atoms with Crippen LogP contribution in [0.1, 0.15) is 31.2 Å². The fourth-order valence-electron chi connectivity index (χ4n) is 4.81. The largest absolute Gasteiger partial charge is 0.327 e. The summed E-state index contributed by atoms with van der Waals surface area (Å²) in [7, 11) is 0. The minimum absolute atomic E-state index is 0.254. The number of amides is 1. The number of rotatable bonds is 2. The van der Waals surface area contributed by atoms with Crippen LogP contribution in [0.25, 0.3) is 0 Å². The molecule has 0 bridgehead atoms. The molecule has 0 aromatic heterocycles. The first kappa shape index (κ1) is 15.2. The Morgan fingerprint density at radius 1 is 1.17 bits per heavy atom. The Kier molecular flexibility index (Phi) is 4.12. The third-order valence-electron chi connectivity index (χ3n) is 6.00. The highest BCUT2D eigenvalue weighted by atomic mass is 16.2. The van der Waals surface area contributed by atoms with E-state index in [1.165, 1.54) is 18.4 Å². The quantitative estimate of drug-likeness (QED) is 0.909. The fraction of sp³-hybridized carbons (Fsp3) is 0.632. The molecule has 4 nitrogen and oxygen atoms in total. The lowest BCUT2D eigenvalue weighted by Crippen LogP contribution is -2.42. The van der Waals surface area contributed by atoms with Crippen molar-refractivity contribution < 1.29 is 4.79 Å². The van der Waals surface area contributed by atoms with Gasteiger partial charge in [0.15, 0.2) is 0 Å². The number of carbonyl (C=O) groups is 1. The van der Waals surface area contributed by atoms with Gasteiger partial charge in [-0.25, -0.2) is 0 Å². The topological polar surface area (TPSA) is 49.6 Å². The minimum atomic E-state index is 0.254. The number of nitrogens with zero attached hydrogens (tertiary/aromatic N) is 2. The molecule has 4 rings (SSSR count). The van der Waals surface area contributed by atoms with Crippen LogP contribution in [0.5, 0.6) is 0 Å². The molecule has 2 N–H and O–H groups in total. The molecular formula is C19H27N3O. The molecule has 2 heterocycles. The van der Waals surface area contributed by atoms with E-state index >= 15 is 0 Å². The van der Waals surface area contributed by atoms with E-state index in [0.29, 0.717) is 24.4 Å². The summed E-state index contributed by atoms with van der Waals surface area (Å²) < 4.78 is 0. The van der Waals surface area contributed by atoms with Gasteiger partial charge in [-0.05, 0) is 49.1 Å². The molecule has 4 heteroatoms. The zero-order valence-electron chi connectivity index (χ0n) is 13.8. The average Bonchev–Trinajstić information content (AvgIpc) is 2.98. The summed E-state index contributed by atoms with van der Waals surface area (Å²) >= 11 is 0. The second kappa shape index (κ2) is 6.25. The van der Waals surface area contributed by atoms with Crippen LogP contribution in [-0.4, -0.2) is 43.0 Å². The van der Waals surface area contributed by atoms with Crippen LogP contribution in [0.15, 0.2) is 24.3 Å². The summed E-state index contributed by atoms with van der Waals surface area (Å²) in [5, 5.41) is 0. The van der Waals surface area contributed by atoms with E-state index in [2.05, 4.69) is 23.1 Å². The van der Waals surface area contributed by atoms with Gasteiger partial charge < -0.3 is 10.6 Å². The fourth-order valence-corrected chi connectivity index (χ4v) is 4.81. The molecule has 2 aliphatic heterocycles. The molecule has 0 radical (unpaired) electrons. The van der Waals surface area contributed by atoms with Gasteiger partial charge in [0.05, 0.1) is 6.54 Å². The van der Waals surface area contributed by atoms with E-state index in [9.17, 15) is 4.79 Å². The van der Waals surface area contributed by atoms with Crippen molar-refractivity contribution in [2.75, 3.05) is 31.1 Å². The number of fused-ring (bicyclic) bond motifs is 2. The van der Waals surface area contributed by atoms with Crippen LogP contribution in [0.4, 0.5) is 5.69 Å². The van der Waals surface area contributed by atoms with Crippen LogP contribution in [0, 0.1) is 11.8 Å². The van der Waals surface area contributed by atoms with Gasteiger partial charge >= 0.3 is 0 Å². The summed E-state index contributed by atoms with van der Waals surface area (Å²) in [5.41, 5.74) is 8.73. The Labute approximate surface area is 138 Å². The van der Waals surface area contributed by atoms with Gasteiger partial charge in [0.1, 0.15) is 0 Å². The van der Waals surface area contributed by atoms with Gasteiger partial charge in [-0.1, -0.05) is 24.6 Å². The molecule has 3 atom stereocenters. The Morgan fingerprint density at radius 2 is 2.04 bits per heavy atom. The molecular weight excluding hydrogens is 286 g/mol. The van der Waals surface area contributed by atoms with Gasteiger partial charge in [0.2, 0.25) is 5.91 Å². The number of nitrogens with two attached hydrogens (primary N) is 1. The molecule has 3 unspecified atom stereocenters. The zero-order chi connectivity index (χ0) is 15.8. The third kappa shape index (κ3) is 2.90. The predicted octanol–water partition coefficient (Wildman–Crippen LogP) is 2.02. The first-order chi connectivity index (χ1) is 11.2. The van der Waals surface area contributed by atoms with Crippen molar-refractivity contribution in [3.05, 3.63) is 29.8 Å². The molecule has 1 amide bonds. The molecule has 1 aliphatic carbocycles. The average molecular weight is 313 g/mol. The first-order valence-electron chi connectivity index (χ1n) is 9.08. The first-order valence-corrected chi connectivity index (χ1v) is 9.08. The van der Waals surface area contributed by atoms with Gasteiger partial charge in [0, 0.05) is 31.4 Å². The lowest BCUT2D eigenvalue weighted by atomic mass is 9.78. The summed E-state index contributed by atoms with van der Waals surface area (Å²) in [6, 6.07) is 8.68. The highest BCUT2D eigenvalue weighted by Gasteiger charge is 2.39. The van der Waals surface area contributed by atoms with Crippen molar-refractivity contribution in [2.24, 2.45) is 17.6 Å². The van der Waals surface area contributed by atoms with E-state index in [1.54, 1.807) is 0 Å². The summed E-state index contributed by atoms with van der Waals surface area (Å²) in [6.07, 6.45) is 5.85. The zero-order valence-corrected chi connectivity index (χ0v) is 13.8. The molecule has 23 heavy (non-hydrogen) atoms. The van der Waals surface area contributed by atoms with Crippen molar-refractivity contribution in [3.8, 4) is 0 Å². The Bertz CT molecular complexity index is 588. The number of para-hydroxylation sites is 1. The number of aryl methyl sites for hydroxylation is 1. The summed E-state index contributed by atoms with van der Waals surface area (Å²) in [4.78, 5) is 17.2. The number of hydrogen-bond acceptors (Lipinski definition) is 3. The summed E-state index contributed by atoms with van der Waals surface area (Å²) in [5.74, 6) is 1.56. The van der Waals surface area contributed by atoms with E-state index in [0.717, 1.165) is 44.6 Å². The molecule has 2 fully saturated rings. The highest BCUT2D eigenvalue weighted by Crippen LogP contribution is 2.35. The van der Waals surface area contributed by atoms with Crippen molar-refractivity contribution >= 4 is 11.6 Å². The monoisotopic (exact) mass is 313 g/mol.